The molecule has 1 amide bonds. The molecule has 1 aliphatic rings. The van der Waals surface area contributed by atoms with E-state index in [1.54, 1.807) is 40.6 Å². The van der Waals surface area contributed by atoms with Crippen LogP contribution in [-0.2, 0) is 16.4 Å². The summed E-state index contributed by atoms with van der Waals surface area (Å²) in [5.41, 5.74) is 0.473. The van der Waals surface area contributed by atoms with Gasteiger partial charge in [-0.3, -0.25) is 4.79 Å². The third kappa shape index (κ3) is 5.47. The summed E-state index contributed by atoms with van der Waals surface area (Å²) in [6.07, 6.45) is 2.26. The number of amides is 1. The molecule has 0 saturated carbocycles. The van der Waals surface area contributed by atoms with Crippen LogP contribution in [0.3, 0.4) is 0 Å². The maximum Gasteiger partial charge on any atom is 0.253 e. The Labute approximate surface area is 196 Å². The lowest BCUT2D eigenvalue weighted by Gasteiger charge is -2.35. The number of thiophene rings is 1. The molecule has 1 saturated heterocycles. The van der Waals surface area contributed by atoms with Crippen LogP contribution in [-0.4, -0.2) is 56.9 Å². The Morgan fingerprint density at radius 2 is 1.81 bits per heavy atom. The summed E-state index contributed by atoms with van der Waals surface area (Å²) < 4.78 is 27.6. The van der Waals surface area contributed by atoms with Crippen molar-refractivity contribution in [2.45, 2.75) is 11.3 Å². The maximum atomic E-state index is 12.9. The zero-order valence-electron chi connectivity index (χ0n) is 17.3. The molecule has 0 unspecified atom stereocenters. The zero-order chi connectivity index (χ0) is 22.6. The molecular formula is C22H23ClN4O3S2. The summed E-state index contributed by atoms with van der Waals surface area (Å²) in [5, 5.41) is 2.55. The van der Waals surface area contributed by atoms with Crippen LogP contribution in [0.15, 0.2) is 65.0 Å². The van der Waals surface area contributed by atoms with E-state index in [0.717, 1.165) is 10.7 Å². The van der Waals surface area contributed by atoms with Crippen LogP contribution in [0.25, 0.3) is 0 Å². The monoisotopic (exact) mass is 490 g/mol. The van der Waals surface area contributed by atoms with E-state index < -0.39 is 10.0 Å². The second kappa shape index (κ2) is 9.99. The molecule has 3 heterocycles. The number of pyridine rings is 1. The predicted molar refractivity (Wildman–Crippen MR) is 127 cm³/mol. The Morgan fingerprint density at radius 1 is 1.06 bits per heavy atom. The van der Waals surface area contributed by atoms with Gasteiger partial charge in [0.1, 0.15) is 5.82 Å². The molecule has 0 atom stereocenters. The van der Waals surface area contributed by atoms with E-state index in [9.17, 15) is 13.2 Å². The standard InChI is InChI=1S/C22H23ClN4O3S2/c23-18-5-8-21(24-16-18)26-11-13-27(14-12-26)22(28)17-3-6-20(7-4-17)32(29,30)25-10-9-19-2-1-15-31-19/h1-8,15-16,25H,9-14H2. The topological polar surface area (TPSA) is 82.6 Å². The van der Waals surface area contributed by atoms with Gasteiger partial charge < -0.3 is 9.80 Å². The van der Waals surface area contributed by atoms with Gasteiger partial charge in [0.15, 0.2) is 0 Å². The van der Waals surface area contributed by atoms with Crippen molar-refractivity contribution in [2.24, 2.45) is 0 Å². The number of carbonyl (C=O) groups excluding carboxylic acids is 1. The minimum Gasteiger partial charge on any atom is -0.353 e. The molecule has 10 heteroatoms. The van der Waals surface area contributed by atoms with E-state index in [-0.39, 0.29) is 10.8 Å². The number of carbonyl (C=O) groups is 1. The van der Waals surface area contributed by atoms with Gasteiger partial charge in [0.2, 0.25) is 10.0 Å². The molecule has 0 spiro atoms. The summed E-state index contributed by atoms with van der Waals surface area (Å²) in [7, 11) is -3.62. The van der Waals surface area contributed by atoms with Crippen molar-refractivity contribution >= 4 is 44.7 Å². The van der Waals surface area contributed by atoms with Crippen LogP contribution in [0.4, 0.5) is 5.82 Å². The Balaban J connectivity index is 1.32. The highest BCUT2D eigenvalue weighted by molar-refractivity contribution is 7.89. The highest BCUT2D eigenvalue weighted by Gasteiger charge is 2.23. The molecule has 1 aliphatic heterocycles. The van der Waals surface area contributed by atoms with Gasteiger partial charge in [-0.15, -0.1) is 11.3 Å². The van der Waals surface area contributed by atoms with Crippen molar-refractivity contribution in [3.05, 3.63) is 75.6 Å². The maximum absolute atomic E-state index is 12.9. The number of anilines is 1. The van der Waals surface area contributed by atoms with Gasteiger partial charge in [-0.25, -0.2) is 18.1 Å². The first-order valence-electron chi connectivity index (χ1n) is 10.2. The Hall–Kier alpha value is -2.46. The number of rotatable bonds is 7. The van der Waals surface area contributed by atoms with Crippen molar-refractivity contribution < 1.29 is 13.2 Å². The van der Waals surface area contributed by atoms with Crippen molar-refractivity contribution in [2.75, 3.05) is 37.6 Å². The average molecular weight is 491 g/mol. The van der Waals surface area contributed by atoms with E-state index in [0.29, 0.717) is 49.7 Å². The van der Waals surface area contributed by atoms with Crippen LogP contribution >= 0.6 is 22.9 Å². The van der Waals surface area contributed by atoms with Gasteiger partial charge >= 0.3 is 0 Å². The van der Waals surface area contributed by atoms with Crippen LogP contribution in [0.1, 0.15) is 15.2 Å². The fourth-order valence-electron chi connectivity index (χ4n) is 3.50. The van der Waals surface area contributed by atoms with Crippen LogP contribution in [0, 0.1) is 0 Å². The van der Waals surface area contributed by atoms with E-state index in [1.165, 1.54) is 12.1 Å². The normalized spacial score (nSPS) is 14.5. The van der Waals surface area contributed by atoms with Crippen molar-refractivity contribution in [1.29, 1.82) is 0 Å². The van der Waals surface area contributed by atoms with Gasteiger partial charge in [-0.2, -0.15) is 0 Å². The summed E-state index contributed by atoms with van der Waals surface area (Å²) >= 11 is 7.49. The first kappa shape index (κ1) is 22.7. The van der Waals surface area contributed by atoms with Gasteiger partial charge in [0.05, 0.1) is 9.92 Å². The SMILES string of the molecule is O=C(c1ccc(S(=O)(=O)NCCc2cccs2)cc1)N1CCN(c2ccc(Cl)cn2)CC1. The van der Waals surface area contributed by atoms with Crippen LogP contribution < -0.4 is 9.62 Å². The number of halogens is 1. The Kier molecular flexibility index (Phi) is 7.10. The number of benzene rings is 1. The molecular weight excluding hydrogens is 468 g/mol. The highest BCUT2D eigenvalue weighted by Crippen LogP contribution is 2.18. The Morgan fingerprint density at radius 3 is 2.44 bits per heavy atom. The molecule has 32 heavy (non-hydrogen) atoms. The molecule has 1 N–H and O–H groups in total. The molecule has 2 aromatic heterocycles. The fraction of sp³-hybridized carbons (Fsp3) is 0.273. The molecule has 0 aliphatic carbocycles. The molecule has 1 aromatic carbocycles. The highest BCUT2D eigenvalue weighted by atomic mass is 35.5. The first-order valence-corrected chi connectivity index (χ1v) is 12.9. The minimum absolute atomic E-state index is 0.108. The second-order valence-corrected chi connectivity index (χ2v) is 10.6. The summed E-state index contributed by atoms with van der Waals surface area (Å²) in [6, 6.07) is 13.7. The van der Waals surface area contributed by atoms with E-state index in [1.807, 2.05) is 23.6 Å². The number of hydrogen-bond acceptors (Lipinski definition) is 6. The number of piperazine rings is 1. The van der Waals surface area contributed by atoms with Crippen molar-refractivity contribution in [3.8, 4) is 0 Å². The number of aromatic nitrogens is 1. The largest absolute Gasteiger partial charge is 0.353 e. The van der Waals surface area contributed by atoms with E-state index in [4.69, 9.17) is 11.6 Å². The zero-order valence-corrected chi connectivity index (χ0v) is 19.7. The van der Waals surface area contributed by atoms with Crippen molar-refractivity contribution in [1.82, 2.24) is 14.6 Å². The number of nitrogens with one attached hydrogen (secondary N) is 1. The minimum atomic E-state index is -3.62. The van der Waals surface area contributed by atoms with Crippen LogP contribution in [0.5, 0.6) is 0 Å². The predicted octanol–water partition coefficient (Wildman–Crippen LogP) is 3.28. The van der Waals surface area contributed by atoms with Gasteiger partial charge in [0.25, 0.3) is 5.91 Å². The molecule has 1 fully saturated rings. The van der Waals surface area contributed by atoms with E-state index >= 15 is 0 Å². The Bertz CT molecular complexity index is 1140. The molecule has 168 valence electrons. The quantitative estimate of drug-likeness (QED) is 0.549. The van der Waals surface area contributed by atoms with Gasteiger partial charge in [-0.1, -0.05) is 17.7 Å². The van der Waals surface area contributed by atoms with Crippen LogP contribution in [0.2, 0.25) is 5.02 Å². The van der Waals surface area contributed by atoms with Crippen molar-refractivity contribution in [3.63, 3.8) is 0 Å². The number of nitrogens with zero attached hydrogens (tertiary/aromatic N) is 3. The molecule has 4 rings (SSSR count). The lowest BCUT2D eigenvalue weighted by Crippen LogP contribution is -2.49. The summed E-state index contributed by atoms with van der Waals surface area (Å²) in [4.78, 5) is 22.3. The van der Waals surface area contributed by atoms with E-state index in [2.05, 4.69) is 14.6 Å². The van der Waals surface area contributed by atoms with Gasteiger partial charge in [0, 0.05) is 49.4 Å². The molecule has 0 bridgehead atoms. The third-order valence-electron chi connectivity index (χ3n) is 5.26. The molecule has 0 radical (unpaired) electrons. The number of sulfonamides is 1. The summed E-state index contributed by atoms with van der Waals surface area (Å²) in [5.74, 6) is 0.728. The van der Waals surface area contributed by atoms with Gasteiger partial charge in [-0.05, 0) is 54.3 Å². The molecule has 7 nitrogen and oxygen atoms in total. The smallest absolute Gasteiger partial charge is 0.253 e. The average Bonchev–Trinajstić information content (AvgIpc) is 3.33. The molecule has 3 aromatic rings. The fourth-order valence-corrected chi connectivity index (χ4v) is 5.35. The first-order chi connectivity index (χ1) is 15.4. The lowest BCUT2D eigenvalue weighted by atomic mass is 10.2. The number of hydrogen-bond donors (Lipinski definition) is 1. The second-order valence-electron chi connectivity index (χ2n) is 7.37. The third-order valence-corrected chi connectivity index (χ3v) is 7.89. The summed E-state index contributed by atoms with van der Waals surface area (Å²) in [6.45, 7) is 2.79. The lowest BCUT2D eigenvalue weighted by molar-refractivity contribution is 0.0746.